The van der Waals surface area contributed by atoms with E-state index in [2.05, 4.69) is 15.1 Å². The van der Waals surface area contributed by atoms with Gasteiger partial charge in [0, 0.05) is 55.9 Å². The third-order valence-electron chi connectivity index (χ3n) is 15.0. The van der Waals surface area contributed by atoms with Gasteiger partial charge in [0.1, 0.15) is 41.4 Å². The van der Waals surface area contributed by atoms with Crippen LogP contribution in [-0.4, -0.2) is 144 Å². The Morgan fingerprint density at radius 1 is 0.560 bits per heavy atom. The zero-order valence-electron chi connectivity index (χ0n) is 46.5. The third kappa shape index (κ3) is 18.7. The second-order valence-electron chi connectivity index (χ2n) is 21.0. The largest absolute Gasteiger partial charge is 0.489 e. The smallest absolute Gasteiger partial charge is 0.377 e. The number of carbonyl (C=O) groups excluding carboxylic acids is 3. The molecule has 20 heteroatoms. The van der Waals surface area contributed by atoms with Crippen LogP contribution in [0.15, 0.2) is 133 Å². The number of aliphatic carboxylic acids is 1. The number of nitrogens with one attached hydrogen (secondary N) is 1. The number of ketones is 2. The molecule has 0 radical (unpaired) electrons. The lowest BCUT2D eigenvalue weighted by atomic mass is 10.00. The van der Waals surface area contributed by atoms with Gasteiger partial charge in [-0.15, -0.1) is 0 Å². The van der Waals surface area contributed by atoms with E-state index < -0.39 is 41.7 Å². The summed E-state index contributed by atoms with van der Waals surface area (Å²) in [5.41, 5.74) is 11.0. The number of carboxylic acids is 1. The molecule has 16 nitrogen and oxygen atoms in total. The zero-order chi connectivity index (χ0) is 58.8. The average molecular weight is 1200 g/mol. The first-order chi connectivity index (χ1) is 40.1. The van der Waals surface area contributed by atoms with E-state index in [0.29, 0.717) is 53.4 Å². The number of rotatable bonds is 19. The first kappa shape index (κ1) is 64.9. The number of Topliss-reactive ketones (excluding diaryl/α,β-unsaturated/α-hetero) is 2. The van der Waals surface area contributed by atoms with Crippen LogP contribution in [0.1, 0.15) is 95.4 Å². The molecular formula is C64H72Cl2F2N4O12. The number of halogens is 4. The fourth-order valence-corrected chi connectivity index (χ4v) is 10.7. The maximum Gasteiger partial charge on any atom is 0.377 e. The van der Waals surface area contributed by atoms with Gasteiger partial charge in [0.15, 0.2) is 0 Å². The van der Waals surface area contributed by atoms with Crippen LogP contribution in [0.5, 0.6) is 11.5 Å². The molecule has 6 aromatic carbocycles. The quantitative estimate of drug-likeness (QED) is 0.0375. The molecule has 0 unspecified atom stereocenters. The van der Waals surface area contributed by atoms with Crippen molar-refractivity contribution in [3.8, 4) is 33.8 Å². The number of hydrogen-bond acceptors (Lipinski definition) is 13. The van der Waals surface area contributed by atoms with Gasteiger partial charge < -0.3 is 60.6 Å². The van der Waals surface area contributed by atoms with Gasteiger partial charge in [-0.3, -0.25) is 14.4 Å². The molecule has 448 valence electrons. The molecule has 10 rings (SSSR count). The average Bonchev–Trinajstić information content (AvgIpc) is 4.26. The van der Waals surface area contributed by atoms with Crippen molar-refractivity contribution in [1.29, 1.82) is 0 Å². The summed E-state index contributed by atoms with van der Waals surface area (Å²) in [7, 11) is 0. The summed E-state index contributed by atoms with van der Waals surface area (Å²) in [6.07, 6.45) is 6.19. The molecule has 4 saturated heterocycles. The van der Waals surface area contributed by atoms with Crippen molar-refractivity contribution < 1.29 is 67.7 Å². The number of nitrogens with zero attached hydrogens (tertiary/aromatic N) is 2. The number of carboxylic acid groups (broad SMARTS) is 1. The molecule has 8 N–H and O–H groups in total. The molecule has 4 fully saturated rings. The van der Waals surface area contributed by atoms with Crippen LogP contribution in [0.4, 0.5) is 8.78 Å². The monoisotopic (exact) mass is 1200 g/mol. The predicted molar refractivity (Wildman–Crippen MR) is 317 cm³/mol. The van der Waals surface area contributed by atoms with E-state index in [-0.39, 0.29) is 46.5 Å². The molecule has 4 aliphatic rings. The normalized spacial score (nSPS) is 17.2. The van der Waals surface area contributed by atoms with E-state index in [1.807, 2.05) is 12.1 Å². The Morgan fingerprint density at radius 3 is 1.32 bits per heavy atom. The highest BCUT2D eigenvalue weighted by molar-refractivity contribution is 6.43. The molecule has 0 spiro atoms. The van der Waals surface area contributed by atoms with Crippen molar-refractivity contribution in [2.75, 3.05) is 65.7 Å². The second-order valence-corrected chi connectivity index (χ2v) is 21.8. The summed E-state index contributed by atoms with van der Waals surface area (Å²) in [6.45, 7) is 7.70. The van der Waals surface area contributed by atoms with Gasteiger partial charge in [-0.05, 0) is 134 Å². The SMILES string of the molecule is N[C@H](CN1CCCC1)[C@H](O)c1ccc(OC2CCOCC2)c(Cl)c1.O.O=C(N[C@H](CN1CCCC1)[C@H](O)c1ccc(OC2CCOCC2)c(Cl)c1)C(=O)c1ccc(-c2ccc(F)cc2)cc1.O=C(O)C(=O)c1ccc(-c2ccc(F)cc2)cc1. The van der Waals surface area contributed by atoms with Crippen molar-refractivity contribution in [2.45, 2.75) is 87.9 Å². The maximum atomic E-state index is 13.3. The summed E-state index contributed by atoms with van der Waals surface area (Å²) >= 11 is 12.9. The van der Waals surface area contributed by atoms with Crippen LogP contribution < -0.4 is 20.5 Å². The summed E-state index contributed by atoms with van der Waals surface area (Å²) in [5, 5.41) is 34.1. The molecule has 0 bridgehead atoms. The van der Waals surface area contributed by atoms with Gasteiger partial charge in [0.25, 0.3) is 11.7 Å². The first-order valence-corrected chi connectivity index (χ1v) is 28.8. The lowest BCUT2D eigenvalue weighted by Crippen LogP contribution is -2.48. The molecule has 4 heterocycles. The molecule has 0 aliphatic carbocycles. The number of aliphatic hydroxyl groups is 2. The molecule has 1 amide bonds. The van der Waals surface area contributed by atoms with Gasteiger partial charge in [0.05, 0.1) is 48.6 Å². The molecule has 4 aliphatic heterocycles. The van der Waals surface area contributed by atoms with Gasteiger partial charge in [-0.1, -0.05) is 108 Å². The number of likely N-dealkylation sites (tertiary alicyclic amines) is 2. The first-order valence-electron chi connectivity index (χ1n) is 28.1. The summed E-state index contributed by atoms with van der Waals surface area (Å²) in [5.74, 6) is -3.38. The van der Waals surface area contributed by atoms with E-state index in [1.54, 1.807) is 84.9 Å². The topological polar surface area (TPSA) is 242 Å². The highest BCUT2D eigenvalue weighted by atomic mass is 35.5. The van der Waals surface area contributed by atoms with Crippen molar-refractivity contribution in [3.63, 3.8) is 0 Å². The predicted octanol–water partition coefficient (Wildman–Crippen LogP) is 9.49. The summed E-state index contributed by atoms with van der Waals surface area (Å²) in [4.78, 5) is 52.3. The molecule has 6 aromatic rings. The number of amides is 1. The van der Waals surface area contributed by atoms with Gasteiger partial charge in [0.2, 0.25) is 5.78 Å². The van der Waals surface area contributed by atoms with Gasteiger partial charge >= 0.3 is 5.97 Å². The van der Waals surface area contributed by atoms with Crippen LogP contribution in [0.2, 0.25) is 10.0 Å². The fourth-order valence-electron chi connectivity index (χ4n) is 10.3. The van der Waals surface area contributed by atoms with Crippen LogP contribution in [0.3, 0.4) is 0 Å². The highest BCUT2D eigenvalue weighted by Crippen LogP contribution is 2.33. The van der Waals surface area contributed by atoms with E-state index in [4.69, 9.17) is 53.0 Å². The van der Waals surface area contributed by atoms with Crippen LogP contribution in [-0.2, 0) is 19.1 Å². The standard InChI is InChI=1S/C32H34ClFN2O5.C18H27ClN2O3.C14H9FO3.H2O/c33-27-19-24(9-12-29(27)41-26-13-17-40-18-14-26)30(37)28(20-36-15-1-2-16-36)35-32(39)31(38)23-5-3-21(4-6-23)22-7-10-25(34)11-8-22;19-15-11-13(18(22)16(20)12-21-7-1-2-8-21)3-4-17(15)24-14-5-9-23-10-6-14;15-12-7-5-10(6-8-12)9-1-3-11(4-2-9)13(16)14(17)18;/h3-12,19,26,28,30,37H,1-2,13-18,20H2,(H,35,39);3-4,11,14,16,18,22H,1-2,5-10,12,20H2;1-8H,(H,17,18);1H2/t28-,30-;16-,18-;;/m11../s1. The molecule has 84 heavy (non-hydrogen) atoms. The Labute approximate surface area is 497 Å². The lowest BCUT2D eigenvalue weighted by molar-refractivity contribution is -0.131. The van der Waals surface area contributed by atoms with E-state index in [1.165, 1.54) is 49.2 Å². The van der Waals surface area contributed by atoms with E-state index in [0.717, 1.165) is 106 Å². The zero-order valence-corrected chi connectivity index (χ0v) is 48.0. The minimum absolute atomic E-state index is 0. The van der Waals surface area contributed by atoms with Crippen LogP contribution in [0, 0.1) is 11.6 Å². The number of ether oxygens (including phenoxy) is 4. The summed E-state index contributed by atoms with van der Waals surface area (Å²) < 4.78 is 48.7. The lowest BCUT2D eigenvalue weighted by Gasteiger charge is -2.29. The number of benzene rings is 6. The third-order valence-corrected chi connectivity index (χ3v) is 15.6. The minimum atomic E-state index is -1.48. The van der Waals surface area contributed by atoms with Gasteiger partial charge in [-0.2, -0.15) is 0 Å². The molecule has 0 saturated carbocycles. The molecule has 0 aromatic heterocycles. The van der Waals surface area contributed by atoms with E-state index in [9.17, 15) is 38.2 Å². The van der Waals surface area contributed by atoms with E-state index >= 15 is 0 Å². The fraction of sp³-hybridized carbons (Fsp3) is 0.375. The Kier molecular flexibility index (Phi) is 24.7. The number of carbonyl (C=O) groups is 4. The number of aliphatic hydroxyl groups excluding tert-OH is 2. The molecular weight excluding hydrogens is 1130 g/mol. The Hall–Kier alpha value is -6.68. The number of nitrogens with two attached hydrogens (primary N) is 1. The van der Waals surface area contributed by atoms with Crippen LogP contribution in [0.25, 0.3) is 22.3 Å². The van der Waals surface area contributed by atoms with Gasteiger partial charge in [-0.25, -0.2) is 13.6 Å². The molecule has 4 atom stereocenters. The van der Waals surface area contributed by atoms with Crippen LogP contribution >= 0.6 is 23.2 Å². The second kappa shape index (κ2) is 32.0. The highest BCUT2D eigenvalue weighted by Gasteiger charge is 2.30. The van der Waals surface area contributed by atoms with Crippen molar-refractivity contribution in [1.82, 2.24) is 15.1 Å². The maximum absolute atomic E-state index is 13.3. The van der Waals surface area contributed by atoms with Crippen molar-refractivity contribution >= 4 is 46.6 Å². The van der Waals surface area contributed by atoms with Crippen molar-refractivity contribution in [3.05, 3.63) is 177 Å². The summed E-state index contributed by atoms with van der Waals surface area (Å²) in [6, 6.07) is 34.2. The Morgan fingerprint density at radius 2 is 0.929 bits per heavy atom. The minimum Gasteiger partial charge on any atom is -0.489 e. The van der Waals surface area contributed by atoms with Crippen molar-refractivity contribution in [2.24, 2.45) is 5.73 Å². The Balaban J connectivity index is 0.000000199. The number of hydrogen-bond donors (Lipinski definition) is 5. The Bertz CT molecular complexity index is 3080.